The number of halogens is 8. The fourth-order valence-corrected chi connectivity index (χ4v) is 10.3. The molecule has 0 amide bonds. The number of hydrogen-bond donors (Lipinski definition) is 0. The number of ketones is 2. The van der Waals surface area contributed by atoms with Crippen LogP contribution in [0.3, 0.4) is 0 Å². The first kappa shape index (κ1) is 19.4. The zero-order valence-electron chi connectivity index (χ0n) is 12.7. The number of Topliss-reactive ketones (excluding diaryl/α,β-unsaturated/α-hetero) is 2. The van der Waals surface area contributed by atoms with Crippen molar-refractivity contribution >= 4 is 104 Å². The minimum absolute atomic E-state index is 0.0761. The summed E-state index contributed by atoms with van der Waals surface area (Å²) >= 11 is 52.4. The van der Waals surface area contributed by atoms with Gasteiger partial charge in [0.1, 0.15) is 21.3 Å². The van der Waals surface area contributed by atoms with E-state index in [1.54, 1.807) is 0 Å². The topological polar surface area (TPSA) is 34.1 Å². The van der Waals surface area contributed by atoms with E-state index in [1.165, 1.54) is 0 Å². The second-order valence-electron chi connectivity index (χ2n) is 8.01. The van der Waals surface area contributed by atoms with E-state index in [9.17, 15) is 9.59 Å². The monoisotopic (exact) mass is 514 g/mol. The Hall–Kier alpha value is 1.40. The Labute approximate surface area is 189 Å². The molecule has 26 heavy (non-hydrogen) atoms. The van der Waals surface area contributed by atoms with Gasteiger partial charge in [0.25, 0.3) is 0 Å². The van der Waals surface area contributed by atoms with Gasteiger partial charge in [0, 0.05) is 17.2 Å². The van der Waals surface area contributed by atoms with E-state index in [-0.39, 0.29) is 32.9 Å². The molecule has 10 heteroatoms. The van der Waals surface area contributed by atoms with E-state index in [1.807, 2.05) is 0 Å². The van der Waals surface area contributed by atoms with Crippen molar-refractivity contribution in [2.75, 3.05) is 0 Å². The van der Waals surface area contributed by atoms with Gasteiger partial charge < -0.3 is 0 Å². The smallest absolute Gasteiger partial charge is 0.167 e. The van der Waals surface area contributed by atoms with Crippen molar-refractivity contribution in [1.82, 2.24) is 0 Å². The Morgan fingerprint density at radius 2 is 1.27 bits per heavy atom. The molecule has 5 aliphatic carbocycles. The van der Waals surface area contributed by atoms with Crippen molar-refractivity contribution < 1.29 is 9.59 Å². The molecule has 4 fully saturated rings. The van der Waals surface area contributed by atoms with Crippen LogP contribution in [0.2, 0.25) is 0 Å². The molecule has 5 aliphatic rings. The van der Waals surface area contributed by atoms with Gasteiger partial charge in [-0.2, -0.15) is 0 Å². The molecule has 142 valence electrons. The van der Waals surface area contributed by atoms with Crippen molar-refractivity contribution in [1.29, 1.82) is 0 Å². The largest absolute Gasteiger partial charge is 0.299 e. The zero-order valence-corrected chi connectivity index (χ0v) is 18.8. The minimum atomic E-state index is -1.92. The third-order valence-electron chi connectivity index (χ3n) is 7.14. The lowest BCUT2D eigenvalue weighted by Crippen LogP contribution is -2.59. The summed E-state index contributed by atoms with van der Waals surface area (Å²) in [7, 11) is 0. The van der Waals surface area contributed by atoms with Gasteiger partial charge in [-0.1, -0.05) is 46.4 Å². The molecule has 0 N–H and O–H groups in total. The van der Waals surface area contributed by atoms with E-state index in [0.29, 0.717) is 12.8 Å². The lowest BCUT2D eigenvalue weighted by Gasteiger charge is -2.47. The lowest BCUT2D eigenvalue weighted by molar-refractivity contribution is -0.148. The standard InChI is InChI=1S/C16H10Cl8O2/c17-4-2-13(20)1-3(4)5-6(13)10(26)8-7(9(5)25)14(21)11(18)12(19)15(8,22)16(14,23)24/h3-8H,1-2H2. The van der Waals surface area contributed by atoms with Crippen molar-refractivity contribution in [2.24, 2.45) is 29.6 Å². The molecule has 0 heterocycles. The number of allylic oxidation sites excluding steroid dienone is 2. The molecule has 0 saturated heterocycles. The highest BCUT2D eigenvalue weighted by atomic mass is 35.5. The normalized spacial score (nSPS) is 59.2. The van der Waals surface area contributed by atoms with E-state index in [2.05, 4.69) is 0 Å². The molecule has 0 aliphatic heterocycles. The van der Waals surface area contributed by atoms with Crippen LogP contribution in [0.15, 0.2) is 10.1 Å². The van der Waals surface area contributed by atoms with Gasteiger partial charge in [0.05, 0.1) is 26.8 Å². The fraction of sp³-hybridized carbons (Fsp3) is 0.750. The van der Waals surface area contributed by atoms with Crippen molar-refractivity contribution in [3.63, 3.8) is 0 Å². The van der Waals surface area contributed by atoms with Crippen LogP contribution in [0.1, 0.15) is 12.8 Å². The Morgan fingerprint density at radius 3 is 1.81 bits per heavy atom. The maximum atomic E-state index is 13.5. The number of fused-ring (bicyclic) bond motifs is 10. The van der Waals surface area contributed by atoms with E-state index in [4.69, 9.17) is 92.8 Å². The highest BCUT2D eigenvalue weighted by Gasteiger charge is 2.88. The first-order valence-corrected chi connectivity index (χ1v) is 11.2. The predicted molar refractivity (Wildman–Crippen MR) is 105 cm³/mol. The van der Waals surface area contributed by atoms with Gasteiger partial charge in [0.15, 0.2) is 4.33 Å². The van der Waals surface area contributed by atoms with Gasteiger partial charge in [-0.25, -0.2) is 0 Å². The van der Waals surface area contributed by atoms with E-state index >= 15 is 0 Å². The van der Waals surface area contributed by atoms with Crippen LogP contribution in [0.4, 0.5) is 0 Å². The van der Waals surface area contributed by atoms with Crippen LogP contribution in [0.25, 0.3) is 0 Å². The highest BCUT2D eigenvalue weighted by molar-refractivity contribution is 6.66. The van der Waals surface area contributed by atoms with Crippen molar-refractivity contribution in [2.45, 2.75) is 37.2 Å². The average Bonchev–Trinajstić information content (AvgIpc) is 3.09. The first-order valence-electron chi connectivity index (χ1n) is 8.08. The van der Waals surface area contributed by atoms with E-state index < -0.39 is 42.6 Å². The zero-order chi connectivity index (χ0) is 19.2. The van der Waals surface area contributed by atoms with E-state index in [0.717, 1.165) is 0 Å². The number of hydrogen-bond acceptors (Lipinski definition) is 2. The van der Waals surface area contributed by atoms with Gasteiger partial charge in [-0.15, -0.1) is 46.4 Å². The highest BCUT2D eigenvalue weighted by Crippen LogP contribution is 2.79. The summed E-state index contributed by atoms with van der Waals surface area (Å²) < 4.78 is -1.92. The minimum Gasteiger partial charge on any atom is -0.299 e. The molecule has 0 aromatic carbocycles. The number of rotatable bonds is 0. The second-order valence-corrected chi connectivity index (χ2v) is 12.6. The second kappa shape index (κ2) is 5.17. The number of carbonyl (C=O) groups is 2. The Morgan fingerprint density at radius 1 is 0.769 bits per heavy atom. The fourth-order valence-electron chi connectivity index (χ4n) is 6.16. The van der Waals surface area contributed by atoms with Crippen LogP contribution in [-0.4, -0.2) is 35.9 Å². The maximum absolute atomic E-state index is 13.5. The molecule has 0 aromatic rings. The van der Waals surface area contributed by atoms with Crippen LogP contribution < -0.4 is 0 Å². The Bertz CT molecular complexity index is 825. The quantitative estimate of drug-likeness (QED) is 0.400. The molecule has 9 unspecified atom stereocenters. The molecular formula is C16H10Cl8O2. The molecule has 4 bridgehead atoms. The summed E-state index contributed by atoms with van der Waals surface area (Å²) in [5.41, 5.74) is 0. The van der Waals surface area contributed by atoms with Gasteiger partial charge >= 0.3 is 0 Å². The van der Waals surface area contributed by atoms with Gasteiger partial charge in [-0.3, -0.25) is 9.59 Å². The number of alkyl halides is 6. The molecule has 4 saturated carbocycles. The first-order chi connectivity index (χ1) is 11.9. The molecule has 5 rings (SSSR count). The average molecular weight is 518 g/mol. The Kier molecular flexibility index (Phi) is 3.85. The Balaban J connectivity index is 1.75. The number of carbonyl (C=O) groups excluding carboxylic acids is 2. The van der Waals surface area contributed by atoms with Gasteiger partial charge in [-0.05, 0) is 18.8 Å². The van der Waals surface area contributed by atoms with Crippen LogP contribution in [0.5, 0.6) is 0 Å². The van der Waals surface area contributed by atoms with Crippen LogP contribution >= 0.6 is 92.8 Å². The molecule has 0 aromatic heterocycles. The van der Waals surface area contributed by atoms with Crippen LogP contribution in [-0.2, 0) is 9.59 Å². The summed E-state index contributed by atoms with van der Waals surface area (Å²) in [6.07, 6.45) is 0.957. The van der Waals surface area contributed by atoms with Crippen LogP contribution in [0, 0.1) is 29.6 Å². The molecule has 2 nitrogen and oxygen atoms in total. The third-order valence-corrected chi connectivity index (χ3v) is 12.4. The lowest BCUT2D eigenvalue weighted by atomic mass is 9.59. The summed E-state index contributed by atoms with van der Waals surface area (Å²) in [6, 6.07) is 0. The molecule has 0 spiro atoms. The predicted octanol–water partition coefficient (Wildman–Crippen LogP) is 5.46. The third kappa shape index (κ3) is 1.66. The van der Waals surface area contributed by atoms with Crippen molar-refractivity contribution in [3.8, 4) is 0 Å². The SMILES string of the molecule is O=C1C2C3CC(Cl)(CC3Cl)C2C(=O)C2C1C1(Cl)C(Cl)=C(Cl)C2(Cl)C1(Cl)Cl. The molecular weight excluding hydrogens is 508 g/mol. The van der Waals surface area contributed by atoms with Crippen molar-refractivity contribution in [3.05, 3.63) is 10.1 Å². The molecule has 9 atom stereocenters. The summed E-state index contributed by atoms with van der Waals surface area (Å²) in [5.74, 6) is -4.18. The van der Waals surface area contributed by atoms with Gasteiger partial charge in [0.2, 0.25) is 0 Å². The summed E-state index contributed by atoms with van der Waals surface area (Å²) in [4.78, 5) is 22.7. The maximum Gasteiger partial charge on any atom is 0.167 e. The molecule has 0 radical (unpaired) electrons. The summed E-state index contributed by atoms with van der Waals surface area (Å²) in [5, 5.41) is -0.431. The summed E-state index contributed by atoms with van der Waals surface area (Å²) in [6.45, 7) is 0.